The van der Waals surface area contributed by atoms with Crippen molar-refractivity contribution in [3.05, 3.63) is 30.2 Å². The number of hydrogen-bond acceptors (Lipinski definition) is 3. The number of hydrogen-bond donors (Lipinski definition) is 2. The summed E-state index contributed by atoms with van der Waals surface area (Å²) in [4.78, 5) is 4.65. The number of aliphatic imine (C=N–C) groups is 1. The maximum Gasteiger partial charge on any atom is 0.191 e. The lowest BCUT2D eigenvalue weighted by Crippen LogP contribution is -2.44. The molecule has 0 fully saturated rings. The molecule has 2 aromatic rings. The van der Waals surface area contributed by atoms with E-state index < -0.39 is 0 Å². The Hall–Kier alpha value is -2.11. The minimum absolute atomic E-state index is 0.397. The molecule has 0 radical (unpaired) electrons. The van der Waals surface area contributed by atoms with E-state index in [4.69, 9.17) is 0 Å². The van der Waals surface area contributed by atoms with Gasteiger partial charge in [-0.3, -0.25) is 9.39 Å². The second kappa shape index (κ2) is 8.50. The number of aromatic nitrogens is 3. The monoisotopic (exact) mass is 316 g/mol. The van der Waals surface area contributed by atoms with Gasteiger partial charge in [-0.15, -0.1) is 10.2 Å². The van der Waals surface area contributed by atoms with Crippen LogP contribution >= 0.6 is 0 Å². The highest BCUT2D eigenvalue weighted by Gasteiger charge is 2.09. The van der Waals surface area contributed by atoms with Crippen molar-refractivity contribution in [2.45, 2.75) is 46.6 Å². The Morgan fingerprint density at radius 2 is 2.09 bits per heavy atom. The van der Waals surface area contributed by atoms with Crippen LogP contribution in [0.4, 0.5) is 0 Å². The summed E-state index contributed by atoms with van der Waals surface area (Å²) in [5.74, 6) is 2.45. The van der Waals surface area contributed by atoms with Crippen LogP contribution in [-0.2, 0) is 6.42 Å². The van der Waals surface area contributed by atoms with Gasteiger partial charge in [0.2, 0.25) is 0 Å². The summed E-state index contributed by atoms with van der Waals surface area (Å²) in [5.41, 5.74) is 0.895. The molecule has 23 heavy (non-hydrogen) atoms. The molecule has 0 saturated heterocycles. The van der Waals surface area contributed by atoms with Gasteiger partial charge in [0.25, 0.3) is 0 Å². The summed E-state index contributed by atoms with van der Waals surface area (Å²) in [6.07, 6.45) is 3.82. The lowest BCUT2D eigenvalue weighted by atomic mass is 10.1. The lowest BCUT2D eigenvalue weighted by molar-refractivity contribution is 0.481. The SMILES string of the molecule is CCNC(=NCCCc1nnc2ccccn12)NC(C)C(C)C. The highest BCUT2D eigenvalue weighted by atomic mass is 15.2. The minimum Gasteiger partial charge on any atom is -0.357 e. The van der Waals surface area contributed by atoms with E-state index in [9.17, 15) is 0 Å². The van der Waals surface area contributed by atoms with E-state index in [1.807, 2.05) is 28.8 Å². The summed E-state index contributed by atoms with van der Waals surface area (Å²) in [6.45, 7) is 10.3. The Bertz CT molecular complexity index is 631. The van der Waals surface area contributed by atoms with Crippen LogP contribution in [0.3, 0.4) is 0 Å². The first-order valence-electron chi connectivity index (χ1n) is 8.45. The zero-order chi connectivity index (χ0) is 16.7. The van der Waals surface area contributed by atoms with Crippen LogP contribution in [0.15, 0.2) is 29.4 Å². The van der Waals surface area contributed by atoms with Crippen molar-refractivity contribution < 1.29 is 0 Å². The first kappa shape index (κ1) is 17.2. The largest absolute Gasteiger partial charge is 0.357 e. The van der Waals surface area contributed by atoms with E-state index in [1.54, 1.807) is 0 Å². The molecule has 2 N–H and O–H groups in total. The maximum atomic E-state index is 4.65. The van der Waals surface area contributed by atoms with Gasteiger partial charge in [-0.05, 0) is 38.3 Å². The molecule has 2 rings (SSSR count). The third-order valence-electron chi connectivity index (χ3n) is 3.92. The fraction of sp³-hybridized carbons (Fsp3) is 0.588. The molecule has 0 spiro atoms. The molecule has 0 bridgehead atoms. The van der Waals surface area contributed by atoms with Crippen LogP contribution in [0.5, 0.6) is 0 Å². The maximum absolute atomic E-state index is 4.65. The second-order valence-electron chi connectivity index (χ2n) is 6.09. The number of rotatable bonds is 7. The summed E-state index contributed by atoms with van der Waals surface area (Å²) in [5, 5.41) is 15.2. The summed E-state index contributed by atoms with van der Waals surface area (Å²) < 4.78 is 2.04. The Labute approximate surface area is 138 Å². The average Bonchev–Trinajstić information content (AvgIpc) is 2.94. The van der Waals surface area contributed by atoms with Crippen molar-refractivity contribution in [2.75, 3.05) is 13.1 Å². The van der Waals surface area contributed by atoms with Crippen LogP contribution in [0.2, 0.25) is 0 Å². The van der Waals surface area contributed by atoms with Gasteiger partial charge in [-0.25, -0.2) is 0 Å². The van der Waals surface area contributed by atoms with E-state index in [0.29, 0.717) is 12.0 Å². The van der Waals surface area contributed by atoms with Gasteiger partial charge >= 0.3 is 0 Å². The van der Waals surface area contributed by atoms with Crippen LogP contribution in [0.1, 0.15) is 39.9 Å². The molecular weight excluding hydrogens is 288 g/mol. The van der Waals surface area contributed by atoms with Gasteiger partial charge in [0.05, 0.1) is 0 Å². The van der Waals surface area contributed by atoms with Crippen molar-refractivity contribution in [1.82, 2.24) is 25.2 Å². The van der Waals surface area contributed by atoms with Gasteiger partial charge < -0.3 is 10.6 Å². The second-order valence-corrected chi connectivity index (χ2v) is 6.09. The molecule has 1 unspecified atom stereocenters. The summed E-state index contributed by atoms with van der Waals surface area (Å²) in [6, 6.07) is 6.34. The molecule has 2 aromatic heterocycles. The van der Waals surface area contributed by atoms with Crippen molar-refractivity contribution in [3.8, 4) is 0 Å². The number of nitrogens with zero attached hydrogens (tertiary/aromatic N) is 4. The number of aryl methyl sites for hydroxylation is 1. The van der Waals surface area contributed by atoms with Crippen LogP contribution in [0, 0.1) is 5.92 Å². The molecule has 0 aliphatic rings. The predicted molar refractivity (Wildman–Crippen MR) is 94.7 cm³/mol. The molecule has 2 heterocycles. The quantitative estimate of drug-likeness (QED) is 0.467. The molecule has 0 aromatic carbocycles. The third kappa shape index (κ3) is 4.94. The zero-order valence-electron chi connectivity index (χ0n) is 14.6. The van der Waals surface area contributed by atoms with Crippen molar-refractivity contribution in [1.29, 1.82) is 0 Å². The smallest absolute Gasteiger partial charge is 0.191 e. The van der Waals surface area contributed by atoms with E-state index in [1.165, 1.54) is 0 Å². The topological polar surface area (TPSA) is 66.6 Å². The fourth-order valence-electron chi connectivity index (χ4n) is 2.19. The molecule has 0 amide bonds. The number of pyridine rings is 1. The molecular formula is C17H28N6. The van der Waals surface area contributed by atoms with Gasteiger partial charge in [-0.1, -0.05) is 19.9 Å². The normalized spacial score (nSPS) is 13.5. The summed E-state index contributed by atoms with van der Waals surface area (Å²) in [7, 11) is 0. The van der Waals surface area contributed by atoms with E-state index in [-0.39, 0.29) is 0 Å². The van der Waals surface area contributed by atoms with E-state index in [2.05, 4.69) is 53.5 Å². The molecule has 0 saturated carbocycles. The van der Waals surface area contributed by atoms with Crippen molar-refractivity contribution >= 4 is 11.6 Å². The Morgan fingerprint density at radius 1 is 1.26 bits per heavy atom. The van der Waals surface area contributed by atoms with Crippen LogP contribution in [0.25, 0.3) is 5.65 Å². The van der Waals surface area contributed by atoms with Gasteiger partial charge in [-0.2, -0.15) is 0 Å². The Balaban J connectivity index is 1.88. The predicted octanol–water partition coefficient (Wildman–Crippen LogP) is 2.26. The first-order chi connectivity index (χ1) is 11.1. The third-order valence-corrected chi connectivity index (χ3v) is 3.92. The molecule has 0 aliphatic carbocycles. The van der Waals surface area contributed by atoms with E-state index >= 15 is 0 Å². The lowest BCUT2D eigenvalue weighted by Gasteiger charge is -2.20. The Morgan fingerprint density at radius 3 is 2.83 bits per heavy atom. The number of fused-ring (bicyclic) bond motifs is 1. The van der Waals surface area contributed by atoms with Gasteiger partial charge in [0, 0.05) is 31.7 Å². The van der Waals surface area contributed by atoms with Gasteiger partial charge in [0.1, 0.15) is 5.82 Å². The molecule has 0 aliphatic heterocycles. The Kier molecular flexibility index (Phi) is 6.38. The molecule has 6 heteroatoms. The van der Waals surface area contributed by atoms with Crippen molar-refractivity contribution in [3.63, 3.8) is 0 Å². The molecule has 126 valence electrons. The highest BCUT2D eigenvalue weighted by molar-refractivity contribution is 5.80. The van der Waals surface area contributed by atoms with Crippen LogP contribution < -0.4 is 10.6 Å². The standard InChI is InChI=1S/C17H28N6/c1-5-18-17(20-14(4)13(2)3)19-11-8-10-16-22-21-15-9-6-7-12-23(15)16/h6-7,9,12-14H,5,8,10-11H2,1-4H3,(H2,18,19,20). The highest BCUT2D eigenvalue weighted by Crippen LogP contribution is 2.05. The zero-order valence-corrected chi connectivity index (χ0v) is 14.6. The van der Waals surface area contributed by atoms with Crippen LogP contribution in [-0.4, -0.2) is 39.7 Å². The number of nitrogens with one attached hydrogen (secondary N) is 2. The fourth-order valence-corrected chi connectivity index (χ4v) is 2.19. The first-order valence-corrected chi connectivity index (χ1v) is 8.45. The summed E-state index contributed by atoms with van der Waals surface area (Å²) >= 11 is 0. The molecule has 1 atom stereocenters. The van der Waals surface area contributed by atoms with Gasteiger partial charge in [0.15, 0.2) is 11.6 Å². The van der Waals surface area contributed by atoms with E-state index in [0.717, 1.165) is 43.4 Å². The minimum atomic E-state index is 0.397. The van der Waals surface area contributed by atoms with Crippen molar-refractivity contribution in [2.24, 2.45) is 10.9 Å². The average molecular weight is 316 g/mol. The number of guanidine groups is 1. The molecule has 6 nitrogen and oxygen atoms in total.